The number of ether oxygens (including phenoxy) is 1. The Morgan fingerprint density at radius 3 is 2.63 bits per heavy atom. The van der Waals surface area contributed by atoms with Crippen molar-refractivity contribution in [1.29, 1.82) is 0 Å². The summed E-state index contributed by atoms with van der Waals surface area (Å²) in [7, 11) is 1.79. The first kappa shape index (κ1) is 28.4. The molecule has 1 amide bonds. The van der Waals surface area contributed by atoms with Crippen molar-refractivity contribution in [3.05, 3.63) is 71.9 Å². The van der Waals surface area contributed by atoms with E-state index in [1.807, 2.05) is 6.07 Å². The van der Waals surface area contributed by atoms with Gasteiger partial charge in [0.1, 0.15) is 29.8 Å². The minimum absolute atomic E-state index is 0.0147. The number of pyridine rings is 1. The van der Waals surface area contributed by atoms with Crippen LogP contribution in [0.15, 0.2) is 48.9 Å². The number of anilines is 1. The zero-order chi connectivity index (χ0) is 29.3. The number of piperidine rings is 1. The number of fused-ring (bicyclic) bond motifs is 1. The molecular weight excluding hydrogens is 532 g/mol. The molecule has 1 fully saturated rings. The molecule has 0 spiro atoms. The molecule has 3 N–H and O–H groups in total. The molecule has 41 heavy (non-hydrogen) atoms. The summed E-state index contributed by atoms with van der Waals surface area (Å²) in [4.78, 5) is 24.8. The highest BCUT2D eigenvalue weighted by Gasteiger charge is 2.36. The van der Waals surface area contributed by atoms with Gasteiger partial charge in [0.2, 0.25) is 5.91 Å². The van der Waals surface area contributed by atoms with Gasteiger partial charge in [-0.15, -0.1) is 0 Å². The maximum atomic E-state index is 14.9. The van der Waals surface area contributed by atoms with Crippen LogP contribution in [0.1, 0.15) is 25.2 Å². The molecule has 0 bridgehead atoms. The van der Waals surface area contributed by atoms with Crippen LogP contribution in [-0.4, -0.2) is 80.9 Å². The fraction of sp³-hybridized carbons (Fsp3) is 0.379. The van der Waals surface area contributed by atoms with E-state index in [0.717, 1.165) is 23.4 Å². The number of hydrogen-bond acceptors (Lipinski definition) is 8. The zero-order valence-electron chi connectivity index (χ0n) is 23.2. The van der Waals surface area contributed by atoms with Crippen LogP contribution in [0.25, 0.3) is 16.8 Å². The number of aliphatic hydroxyl groups excluding tert-OH is 1. The Labute approximate surface area is 236 Å². The van der Waals surface area contributed by atoms with Gasteiger partial charge in [-0.25, -0.2) is 18.3 Å². The largest absolute Gasteiger partial charge is 0.491 e. The van der Waals surface area contributed by atoms with E-state index in [9.17, 15) is 13.6 Å². The molecule has 3 atom stereocenters. The van der Waals surface area contributed by atoms with Gasteiger partial charge in [0.15, 0.2) is 0 Å². The molecule has 5 rings (SSSR count). The van der Waals surface area contributed by atoms with Crippen molar-refractivity contribution >= 4 is 17.1 Å². The van der Waals surface area contributed by atoms with Gasteiger partial charge < -0.3 is 25.4 Å². The quantitative estimate of drug-likeness (QED) is 0.335. The second-order valence-corrected chi connectivity index (χ2v) is 10.4. The predicted molar refractivity (Wildman–Crippen MR) is 150 cm³/mol. The van der Waals surface area contributed by atoms with Gasteiger partial charge in [-0.05, 0) is 24.1 Å². The zero-order valence-corrected chi connectivity index (χ0v) is 23.2. The maximum absolute atomic E-state index is 14.9. The van der Waals surface area contributed by atoms with Crippen molar-refractivity contribution < 1.29 is 23.4 Å². The van der Waals surface area contributed by atoms with Crippen molar-refractivity contribution in [3.8, 4) is 17.0 Å². The number of imidazole rings is 1. The van der Waals surface area contributed by atoms with Crippen molar-refractivity contribution in [2.24, 2.45) is 11.7 Å². The number of nitrogens with two attached hydrogens (primary N) is 1. The molecule has 12 heteroatoms. The predicted octanol–water partition coefficient (Wildman–Crippen LogP) is 2.66. The number of carbonyl (C=O) groups excluding carboxylic acids is 1. The molecule has 1 saturated heterocycles. The van der Waals surface area contributed by atoms with E-state index in [0.29, 0.717) is 30.9 Å². The Balaban J connectivity index is 1.43. The molecule has 3 aromatic heterocycles. The highest BCUT2D eigenvalue weighted by atomic mass is 19.1. The molecule has 1 aromatic carbocycles. The second kappa shape index (κ2) is 11.8. The van der Waals surface area contributed by atoms with E-state index in [-0.39, 0.29) is 54.1 Å². The number of benzene rings is 1. The Kier molecular flexibility index (Phi) is 8.13. The van der Waals surface area contributed by atoms with Gasteiger partial charge in [-0.2, -0.15) is 5.10 Å². The van der Waals surface area contributed by atoms with Crippen molar-refractivity contribution in [2.45, 2.75) is 32.4 Å². The van der Waals surface area contributed by atoms with Crippen molar-refractivity contribution in [3.63, 3.8) is 0 Å². The second-order valence-electron chi connectivity index (χ2n) is 10.4. The first-order valence-electron chi connectivity index (χ1n) is 13.4. The lowest BCUT2D eigenvalue weighted by molar-refractivity contribution is -0.131. The average molecular weight is 566 g/mol. The molecule has 0 unspecified atom stereocenters. The van der Waals surface area contributed by atoms with Crippen LogP contribution in [0, 0.1) is 17.6 Å². The van der Waals surface area contributed by atoms with Crippen LogP contribution in [0.2, 0.25) is 0 Å². The topological polar surface area (TPSA) is 122 Å². The minimum Gasteiger partial charge on any atom is -0.491 e. The number of halogens is 2. The number of aromatic nitrogens is 4. The number of carbonyl (C=O) groups is 1. The number of aliphatic hydroxyl groups is 1. The van der Waals surface area contributed by atoms with Crippen LogP contribution in [-0.2, 0) is 11.2 Å². The number of nitrogens with zero attached hydrogens (tertiary/aromatic N) is 6. The average Bonchev–Trinajstić information content (AvgIpc) is 3.33. The van der Waals surface area contributed by atoms with E-state index in [1.54, 1.807) is 48.0 Å². The standard InChI is InChI=1S/C29H33F2N7O3/c1-17-15-37(16-24(32)29(17)36(3)18(2)40)26-6-7-33-13-19(26)10-27-34-14-20-4-5-25(35-38(20)27)28-22(30)11-21(12-23(28)31)41-9-8-39/h4-7,11-14,17,24,29,39H,8-10,15-16,32H2,1-3H3/t17-,24+,29-/m0/s1. The molecule has 4 aromatic rings. The normalized spacial score (nSPS) is 19.0. The van der Waals surface area contributed by atoms with Gasteiger partial charge in [0.25, 0.3) is 0 Å². The van der Waals surface area contributed by atoms with Crippen molar-refractivity contribution in [2.75, 3.05) is 38.3 Å². The van der Waals surface area contributed by atoms with E-state index in [4.69, 9.17) is 15.6 Å². The summed E-state index contributed by atoms with van der Waals surface area (Å²) in [5.41, 5.74) is 8.90. The fourth-order valence-corrected chi connectivity index (χ4v) is 5.65. The summed E-state index contributed by atoms with van der Waals surface area (Å²) < 4.78 is 36.6. The molecule has 1 aliphatic heterocycles. The first-order valence-corrected chi connectivity index (χ1v) is 13.4. The van der Waals surface area contributed by atoms with Crippen LogP contribution < -0.4 is 15.4 Å². The Bertz CT molecular complexity index is 1530. The third kappa shape index (κ3) is 5.70. The number of rotatable bonds is 8. The highest BCUT2D eigenvalue weighted by Crippen LogP contribution is 2.31. The summed E-state index contributed by atoms with van der Waals surface area (Å²) in [5.74, 6) is -0.981. The molecule has 1 aliphatic rings. The molecule has 0 aliphatic carbocycles. The highest BCUT2D eigenvalue weighted by molar-refractivity contribution is 5.73. The van der Waals surface area contributed by atoms with E-state index < -0.39 is 11.6 Å². The summed E-state index contributed by atoms with van der Waals surface area (Å²) in [6, 6.07) is 7.01. The fourth-order valence-electron chi connectivity index (χ4n) is 5.65. The Morgan fingerprint density at radius 2 is 1.95 bits per heavy atom. The van der Waals surface area contributed by atoms with Gasteiger partial charge in [0, 0.05) is 75.3 Å². The van der Waals surface area contributed by atoms with Gasteiger partial charge in [0.05, 0.1) is 35.6 Å². The van der Waals surface area contributed by atoms with E-state index in [1.165, 1.54) is 6.07 Å². The van der Waals surface area contributed by atoms with Crippen LogP contribution >= 0.6 is 0 Å². The van der Waals surface area contributed by atoms with Crippen LogP contribution in [0.4, 0.5) is 14.5 Å². The minimum atomic E-state index is -0.828. The number of hydrogen-bond donors (Lipinski definition) is 2. The molecule has 0 saturated carbocycles. The SMILES string of the molecule is CC(=O)N(C)[C@@H]1[C@H](N)CN(c2ccncc2Cc2ncc3ccc(-c4c(F)cc(OCCO)cc4F)nn23)C[C@@H]1C. The van der Waals surface area contributed by atoms with Gasteiger partial charge in [-0.1, -0.05) is 6.92 Å². The van der Waals surface area contributed by atoms with Crippen molar-refractivity contribution in [1.82, 2.24) is 24.5 Å². The van der Waals surface area contributed by atoms with Crippen LogP contribution in [0.5, 0.6) is 5.75 Å². The Morgan fingerprint density at radius 1 is 1.20 bits per heavy atom. The summed E-state index contributed by atoms with van der Waals surface area (Å²) in [6.07, 6.45) is 5.52. The lowest BCUT2D eigenvalue weighted by atomic mass is 9.88. The third-order valence-electron chi connectivity index (χ3n) is 7.56. The molecule has 216 valence electrons. The van der Waals surface area contributed by atoms with Gasteiger partial charge in [-0.3, -0.25) is 9.78 Å². The van der Waals surface area contributed by atoms with E-state index in [2.05, 4.69) is 26.9 Å². The third-order valence-corrected chi connectivity index (χ3v) is 7.56. The first-order chi connectivity index (χ1) is 19.7. The molecule has 0 radical (unpaired) electrons. The number of amides is 1. The summed E-state index contributed by atoms with van der Waals surface area (Å²) in [6.45, 7) is 4.56. The molecule has 4 heterocycles. The lowest BCUT2D eigenvalue weighted by Gasteiger charge is -2.46. The molecule has 10 nitrogen and oxygen atoms in total. The number of likely N-dealkylation sites (N-methyl/N-ethyl adjacent to an activating group) is 1. The molecular formula is C29H33F2N7O3. The summed E-state index contributed by atoms with van der Waals surface area (Å²) >= 11 is 0. The Hall–Kier alpha value is -4.16. The van der Waals surface area contributed by atoms with Gasteiger partial charge >= 0.3 is 0 Å². The monoisotopic (exact) mass is 565 g/mol. The summed E-state index contributed by atoms with van der Waals surface area (Å²) in [5, 5.41) is 13.4. The van der Waals surface area contributed by atoms with E-state index >= 15 is 0 Å². The lowest BCUT2D eigenvalue weighted by Crippen LogP contribution is -2.62. The smallest absolute Gasteiger partial charge is 0.219 e. The van der Waals surface area contributed by atoms with Crippen LogP contribution in [0.3, 0.4) is 0 Å². The maximum Gasteiger partial charge on any atom is 0.219 e.